The van der Waals surface area contributed by atoms with Gasteiger partial charge in [-0.25, -0.2) is 20.4 Å². The number of phenolic OH excluding ortho intramolecular Hbond substituents is 2. The molecule has 480 valence electrons. The fraction of sp³-hybridized carbons (Fsp3) is 0.304. The summed E-state index contributed by atoms with van der Waals surface area (Å²) >= 11 is 0. The van der Waals surface area contributed by atoms with E-state index in [2.05, 4.69) is 42.1 Å². The van der Waals surface area contributed by atoms with Crippen molar-refractivity contribution < 1.29 is 165 Å². The average Bonchev–Trinajstić information content (AvgIpc) is 4.26. The first-order valence-corrected chi connectivity index (χ1v) is 22.7. The number of amides is 4. The maximum atomic E-state index is 11.9. The molecule has 2 aliphatic heterocycles. The first kappa shape index (κ1) is 88.0. The summed E-state index contributed by atoms with van der Waals surface area (Å²) in [7, 11) is 5.66. The maximum absolute atomic E-state index is 11.9. The molecular weight excluding hydrogens is 1460 g/mol. The van der Waals surface area contributed by atoms with Gasteiger partial charge in [-0.15, -0.1) is 21.1 Å². The Morgan fingerprint density at radius 3 is 0.977 bits per heavy atom. The Balaban J connectivity index is -0.000000244. The summed E-state index contributed by atoms with van der Waals surface area (Å²) in [5.41, 5.74) is 10.3. The second-order valence-electron chi connectivity index (χ2n) is 13.8. The number of methoxy groups -OCH3 is 4. The molecule has 86 heavy (non-hydrogen) atoms. The Labute approximate surface area is 549 Å². The molecule has 0 radical (unpaired) electrons. The molecule has 0 aromatic heterocycles. The number of urea groups is 2. The van der Waals surface area contributed by atoms with Crippen LogP contribution in [-0.4, -0.2) is 122 Å². The molecular formula is C46H58Dy2N14O24-4. The third-order valence-electron chi connectivity index (χ3n) is 8.18. The summed E-state index contributed by atoms with van der Waals surface area (Å²) in [5, 5.41) is 130. The molecule has 0 aliphatic carbocycles. The SMILES string of the molecule is C1CCOC1.C1CCOC1.CC#N.CC#N.COc1cccc(/C=N/NC(=O)N/[NH+]=C/c2cccc(OC)c2O)c1[O-].COc1cccc(/C=N/NC(=O)N/[NH+]=C/c2cccc(OC)c2O)c1[O-].O=[N+]([O-])[O-].O=[N+]([O-])[O-].O=[N+]([O-])[O-].O=[N+]([O-])[O-].[Dy].[Dy]. The van der Waals surface area contributed by atoms with Crippen LogP contribution in [0, 0.1) is 160 Å². The van der Waals surface area contributed by atoms with E-state index in [1.807, 2.05) is 0 Å². The molecule has 38 nitrogen and oxygen atoms in total. The van der Waals surface area contributed by atoms with Crippen LogP contribution in [0.2, 0.25) is 0 Å². The fourth-order valence-corrected chi connectivity index (χ4v) is 4.99. The minimum atomic E-state index is -1.75. The smallest absolute Gasteiger partial charge is 0.388 e. The topological polar surface area (TPSA) is 589 Å². The van der Waals surface area contributed by atoms with E-state index in [0.29, 0.717) is 22.6 Å². The van der Waals surface area contributed by atoms with Gasteiger partial charge in [0.2, 0.25) is 12.4 Å². The fourth-order valence-electron chi connectivity index (χ4n) is 4.99. The van der Waals surface area contributed by atoms with Crippen LogP contribution in [0.5, 0.6) is 46.0 Å². The van der Waals surface area contributed by atoms with E-state index < -0.39 is 32.4 Å². The van der Waals surface area contributed by atoms with Gasteiger partial charge in [-0.3, -0.25) is 0 Å². The third kappa shape index (κ3) is 51.6. The van der Waals surface area contributed by atoms with Crippen LogP contribution in [0.15, 0.2) is 83.0 Å². The third-order valence-corrected chi connectivity index (χ3v) is 8.18. The standard InChI is InChI=1S/2C17H18N4O5.2C4H8O.2C2H3N.2Dy.4NO3/c2*1-25-13-7-3-5-11(15(13)22)9-18-20-17(24)21-19-10-12-6-4-8-14(26-2)16(12)23;2*1-2-4-5-3-1;2*1-2-3;;;4*2-1(3)4/h2*3-10,22-23H,1-2H3,(H2,20,21,24);2*1-4H2;2*1H3;;;;;;/q;;;;;;;;4*-1/b2*18-9+,19-10+;;;;;;;;;;. The summed E-state index contributed by atoms with van der Waals surface area (Å²) in [6.45, 7) is 6.86. The Morgan fingerprint density at radius 1 is 0.523 bits per heavy atom. The zero-order valence-corrected chi connectivity index (χ0v) is 50.0. The van der Waals surface area contributed by atoms with Crippen LogP contribution in [0.3, 0.4) is 0 Å². The van der Waals surface area contributed by atoms with Crippen molar-refractivity contribution >= 4 is 36.9 Å². The number of hydrogen-bond acceptors (Lipinski definition) is 28. The molecule has 0 atom stereocenters. The average molecular weight is 1520 g/mol. The van der Waals surface area contributed by atoms with Crippen LogP contribution in [0.4, 0.5) is 9.59 Å². The minimum absolute atomic E-state index is 0. The summed E-state index contributed by atoms with van der Waals surface area (Å²) in [6, 6.07) is 21.4. The number of hydrazone groups is 4. The summed E-state index contributed by atoms with van der Waals surface area (Å²) < 4.78 is 29.7. The second kappa shape index (κ2) is 58.9. The van der Waals surface area contributed by atoms with Crippen LogP contribution < -0.4 is 61.1 Å². The van der Waals surface area contributed by atoms with Crippen molar-refractivity contribution in [3.05, 3.63) is 156 Å². The Kier molecular flexibility index (Phi) is 60.3. The molecule has 4 aromatic rings. The number of carbonyl (C=O) groups excluding carboxylic acids is 2. The minimum Gasteiger partial charge on any atom is -0.870 e. The van der Waals surface area contributed by atoms with E-state index in [9.17, 15) is 30.0 Å². The number of rotatable bonds is 12. The normalized spacial score (nSPS) is 10.7. The Hall–Kier alpha value is -9.25. The molecule has 0 bridgehead atoms. The van der Waals surface area contributed by atoms with Gasteiger partial charge in [0.15, 0.2) is 23.0 Å². The molecule has 40 heteroatoms. The molecule has 2 heterocycles. The van der Waals surface area contributed by atoms with Crippen LogP contribution in [0.1, 0.15) is 61.8 Å². The van der Waals surface area contributed by atoms with E-state index in [0.717, 1.165) is 26.4 Å². The Bertz CT molecular complexity index is 2410. The number of nitrogens with one attached hydrogen (secondary N) is 6. The summed E-state index contributed by atoms with van der Waals surface area (Å²) in [4.78, 5) is 56.3. The molecule has 8 N–H and O–H groups in total. The number of hydrazine groups is 2. The largest absolute Gasteiger partial charge is 0.870 e. The molecule has 4 amide bonds. The number of nitriles is 2. The number of nitrogens with zero attached hydrogens (tertiary/aromatic N) is 8. The molecule has 2 fully saturated rings. The van der Waals surface area contributed by atoms with Crippen LogP contribution >= 0.6 is 0 Å². The number of hydrogen-bond donors (Lipinski definition) is 8. The van der Waals surface area contributed by atoms with Crippen molar-refractivity contribution in [2.45, 2.75) is 39.5 Å². The number of ether oxygens (including phenoxy) is 6. The number of aromatic hydroxyl groups is 2. The van der Waals surface area contributed by atoms with E-state index in [1.165, 1.54) is 105 Å². The van der Waals surface area contributed by atoms with Crippen molar-refractivity contribution in [2.75, 3.05) is 54.9 Å². The molecule has 6 rings (SSSR count). The van der Waals surface area contributed by atoms with Gasteiger partial charge in [-0.2, -0.15) is 20.7 Å². The van der Waals surface area contributed by atoms with E-state index in [4.69, 9.17) is 100 Å². The molecule has 2 aliphatic rings. The number of carbonyl (C=O) groups is 2. The maximum Gasteiger partial charge on any atom is 0.388 e. The van der Waals surface area contributed by atoms with Crippen molar-refractivity contribution in [2.24, 2.45) is 10.2 Å². The van der Waals surface area contributed by atoms with Gasteiger partial charge in [0.1, 0.15) is 11.5 Å². The zero-order valence-electron chi connectivity index (χ0n) is 46.0. The first-order chi connectivity index (χ1) is 39.9. The van der Waals surface area contributed by atoms with E-state index in [-0.39, 0.29) is 122 Å². The van der Waals surface area contributed by atoms with E-state index >= 15 is 0 Å². The number of benzene rings is 4. The van der Waals surface area contributed by atoms with Crippen LogP contribution in [-0.2, 0) is 9.47 Å². The van der Waals surface area contributed by atoms with Gasteiger partial charge in [0, 0.05) is 117 Å². The van der Waals surface area contributed by atoms with Crippen molar-refractivity contribution in [1.29, 1.82) is 10.5 Å². The predicted octanol–water partition coefficient (Wildman–Crippen LogP) is 0.159. The van der Waals surface area contributed by atoms with Crippen LogP contribution in [0.25, 0.3) is 0 Å². The monoisotopic (exact) mass is 1520 g/mol. The summed E-state index contributed by atoms with van der Waals surface area (Å²) in [6.07, 6.45) is 10.3. The Morgan fingerprint density at radius 2 is 0.756 bits per heavy atom. The second-order valence-corrected chi connectivity index (χ2v) is 13.8. The number of phenols is 2. The molecule has 0 saturated carbocycles. The van der Waals surface area contributed by atoms with Gasteiger partial charge in [0.25, 0.3) is 0 Å². The predicted molar refractivity (Wildman–Crippen MR) is 289 cm³/mol. The zero-order chi connectivity index (χ0) is 64.7. The van der Waals surface area contributed by atoms with Crippen molar-refractivity contribution in [3.8, 4) is 58.1 Å². The van der Waals surface area contributed by atoms with E-state index in [1.54, 1.807) is 72.8 Å². The van der Waals surface area contributed by atoms with Gasteiger partial charge >= 0.3 is 12.1 Å². The van der Waals surface area contributed by atoms with Gasteiger partial charge in [-0.05, 0) is 73.2 Å². The van der Waals surface area contributed by atoms with Gasteiger partial charge in [-0.1, -0.05) is 47.9 Å². The molecule has 2 saturated heterocycles. The van der Waals surface area contributed by atoms with Gasteiger partial charge in [0.05, 0.1) is 84.5 Å². The summed E-state index contributed by atoms with van der Waals surface area (Å²) in [5.74, 6) is 0.192. The quantitative estimate of drug-likeness (QED) is 0.0532. The van der Waals surface area contributed by atoms with Gasteiger partial charge < -0.3 is 110 Å². The molecule has 0 unspecified atom stereocenters. The molecule has 0 spiro atoms. The van der Waals surface area contributed by atoms with Crippen molar-refractivity contribution in [3.63, 3.8) is 0 Å². The first-order valence-electron chi connectivity index (χ1n) is 22.7. The number of para-hydroxylation sites is 4. The molecule has 4 aromatic carbocycles. The van der Waals surface area contributed by atoms with Crippen molar-refractivity contribution in [1.82, 2.24) is 21.7 Å².